The summed E-state index contributed by atoms with van der Waals surface area (Å²) in [6, 6.07) is -0.209. The summed E-state index contributed by atoms with van der Waals surface area (Å²) in [5, 5.41) is 3.31. The zero-order valence-electron chi connectivity index (χ0n) is 15.5. The lowest BCUT2D eigenvalue weighted by Crippen LogP contribution is -2.37. The molecule has 1 aliphatic carbocycles. The lowest BCUT2D eigenvalue weighted by Gasteiger charge is -2.30. The van der Waals surface area contributed by atoms with E-state index in [1.165, 1.54) is 0 Å². The van der Waals surface area contributed by atoms with Gasteiger partial charge in [0, 0.05) is 22.7 Å². The van der Waals surface area contributed by atoms with Crippen LogP contribution < -0.4 is 11.1 Å². The van der Waals surface area contributed by atoms with Gasteiger partial charge in [-0.2, -0.15) is 0 Å². The van der Waals surface area contributed by atoms with Crippen LogP contribution in [0.3, 0.4) is 0 Å². The predicted octanol–water partition coefficient (Wildman–Crippen LogP) is 3.67. The Hall–Kier alpha value is -2.59. The second-order valence-electron chi connectivity index (χ2n) is 7.00. The predicted molar refractivity (Wildman–Crippen MR) is 103 cm³/mol. The van der Waals surface area contributed by atoms with Crippen molar-refractivity contribution in [2.45, 2.75) is 51.5 Å². The van der Waals surface area contributed by atoms with E-state index in [1.54, 1.807) is 13.8 Å². The molecule has 8 heteroatoms. The van der Waals surface area contributed by atoms with E-state index in [0.29, 0.717) is 18.5 Å². The van der Waals surface area contributed by atoms with Gasteiger partial charge in [0.1, 0.15) is 5.56 Å². The van der Waals surface area contributed by atoms with Crippen LogP contribution in [0.2, 0.25) is 5.02 Å². The maximum absolute atomic E-state index is 15.1. The number of aromatic nitrogens is 1. The molecule has 2 atom stereocenters. The summed E-state index contributed by atoms with van der Waals surface area (Å²) < 4.78 is 29.8. The largest absolute Gasteiger partial charge is 0.365 e. The zero-order valence-corrected chi connectivity index (χ0v) is 16.3. The molecule has 1 saturated carbocycles. The van der Waals surface area contributed by atoms with Crippen molar-refractivity contribution in [1.29, 1.82) is 0 Å². The SMILES string of the molecule is CC#CC(=O)N[C@@H]1CCC[C@H](c2c(F)c(F)c(C(N)=O)c3[nH]c(C)c(Cl)c23)C1. The van der Waals surface area contributed by atoms with Crippen molar-refractivity contribution in [1.82, 2.24) is 10.3 Å². The molecule has 1 aromatic carbocycles. The van der Waals surface area contributed by atoms with E-state index in [9.17, 15) is 14.0 Å². The molecule has 0 aliphatic heterocycles. The summed E-state index contributed by atoms with van der Waals surface area (Å²) in [6.45, 7) is 3.22. The number of aryl methyl sites for hydroxylation is 1. The molecule has 1 aromatic heterocycles. The summed E-state index contributed by atoms with van der Waals surface area (Å²) in [7, 11) is 0. The second-order valence-corrected chi connectivity index (χ2v) is 7.38. The summed E-state index contributed by atoms with van der Waals surface area (Å²) in [5.41, 5.74) is 5.45. The highest BCUT2D eigenvalue weighted by atomic mass is 35.5. The van der Waals surface area contributed by atoms with Gasteiger partial charge in [0.15, 0.2) is 11.6 Å². The molecule has 2 amide bonds. The van der Waals surface area contributed by atoms with Crippen molar-refractivity contribution in [2.24, 2.45) is 5.73 Å². The molecule has 1 heterocycles. The number of benzene rings is 1. The number of hydrogen-bond acceptors (Lipinski definition) is 2. The highest BCUT2D eigenvalue weighted by Crippen LogP contribution is 2.43. The van der Waals surface area contributed by atoms with Gasteiger partial charge in [-0.1, -0.05) is 23.9 Å². The normalized spacial score (nSPS) is 19.2. The molecule has 4 N–H and O–H groups in total. The second kappa shape index (κ2) is 7.80. The summed E-state index contributed by atoms with van der Waals surface area (Å²) in [6.07, 6.45) is 2.46. The molecule has 1 aliphatic rings. The van der Waals surface area contributed by atoms with Gasteiger partial charge < -0.3 is 16.0 Å². The minimum Gasteiger partial charge on any atom is -0.365 e. The van der Waals surface area contributed by atoms with Crippen LogP contribution in [0.1, 0.15) is 60.1 Å². The first-order valence-corrected chi connectivity index (χ1v) is 9.35. The van der Waals surface area contributed by atoms with Crippen LogP contribution in [-0.4, -0.2) is 22.8 Å². The summed E-state index contributed by atoms with van der Waals surface area (Å²) in [4.78, 5) is 26.3. The van der Waals surface area contributed by atoms with E-state index >= 15 is 4.39 Å². The number of carbonyl (C=O) groups is 2. The van der Waals surface area contributed by atoms with Crippen LogP contribution in [0.4, 0.5) is 8.78 Å². The minimum atomic E-state index is -1.28. The fraction of sp³-hybridized carbons (Fsp3) is 0.400. The van der Waals surface area contributed by atoms with E-state index in [-0.39, 0.29) is 33.4 Å². The maximum Gasteiger partial charge on any atom is 0.296 e. The van der Waals surface area contributed by atoms with Crippen molar-refractivity contribution in [2.75, 3.05) is 0 Å². The number of rotatable bonds is 3. The van der Waals surface area contributed by atoms with Gasteiger partial charge in [-0.25, -0.2) is 8.78 Å². The van der Waals surface area contributed by atoms with E-state index < -0.39 is 29.0 Å². The number of nitrogens with one attached hydrogen (secondary N) is 2. The van der Waals surface area contributed by atoms with E-state index in [1.807, 2.05) is 0 Å². The summed E-state index contributed by atoms with van der Waals surface area (Å²) in [5.74, 6) is 0.705. The first kappa shape index (κ1) is 20.2. The smallest absolute Gasteiger partial charge is 0.296 e. The maximum atomic E-state index is 15.1. The van der Waals surface area contributed by atoms with Gasteiger partial charge in [-0.05, 0) is 44.9 Å². The average molecular weight is 408 g/mol. The van der Waals surface area contributed by atoms with Crippen LogP contribution in [-0.2, 0) is 4.79 Å². The van der Waals surface area contributed by atoms with Crippen LogP contribution in [0.5, 0.6) is 0 Å². The van der Waals surface area contributed by atoms with Crippen molar-refractivity contribution in [3.63, 3.8) is 0 Å². The van der Waals surface area contributed by atoms with Gasteiger partial charge in [0.2, 0.25) is 0 Å². The molecular weight excluding hydrogens is 388 g/mol. The Morgan fingerprint density at radius 1 is 1.29 bits per heavy atom. The third-order valence-electron chi connectivity index (χ3n) is 5.18. The van der Waals surface area contributed by atoms with Crippen LogP contribution in [0.25, 0.3) is 10.9 Å². The molecule has 5 nitrogen and oxygen atoms in total. The molecule has 2 aromatic rings. The van der Waals surface area contributed by atoms with Crippen molar-refractivity contribution in [3.8, 4) is 11.8 Å². The molecule has 0 bridgehead atoms. The number of aromatic amines is 1. The molecular formula is C20H20ClF2N3O2. The van der Waals surface area contributed by atoms with Crippen molar-refractivity contribution >= 4 is 34.3 Å². The Labute approximate surface area is 166 Å². The highest BCUT2D eigenvalue weighted by Gasteiger charge is 2.33. The Kier molecular flexibility index (Phi) is 5.61. The highest BCUT2D eigenvalue weighted by molar-refractivity contribution is 6.37. The lowest BCUT2D eigenvalue weighted by molar-refractivity contribution is -0.116. The Bertz CT molecular complexity index is 1040. The fourth-order valence-electron chi connectivity index (χ4n) is 4.02. The molecule has 28 heavy (non-hydrogen) atoms. The van der Waals surface area contributed by atoms with Crippen LogP contribution >= 0.6 is 11.6 Å². The first-order valence-electron chi connectivity index (χ1n) is 8.97. The molecule has 0 saturated heterocycles. The standard InChI is InChI=1S/C20H20ClF2N3O2/c1-3-5-12(27)26-11-7-4-6-10(8-11)13-14-16(21)9(2)25-19(14)15(20(24)28)18(23)17(13)22/h10-11,25H,4,6-8H2,1-2H3,(H2,24,28)(H,26,27)/t10-,11+/m0/s1. The number of amides is 2. The third-order valence-corrected chi connectivity index (χ3v) is 5.65. The zero-order chi connectivity index (χ0) is 20.6. The minimum absolute atomic E-state index is 0.104. The van der Waals surface area contributed by atoms with Gasteiger partial charge in [0.25, 0.3) is 11.8 Å². The molecule has 0 spiro atoms. The molecule has 1 fully saturated rings. The van der Waals surface area contributed by atoms with Crippen molar-refractivity contribution in [3.05, 3.63) is 33.5 Å². The number of carbonyl (C=O) groups excluding carboxylic acids is 2. The monoisotopic (exact) mass is 407 g/mol. The number of fused-ring (bicyclic) bond motifs is 1. The topological polar surface area (TPSA) is 88.0 Å². The number of hydrogen-bond donors (Lipinski definition) is 3. The van der Waals surface area contributed by atoms with E-state index in [0.717, 1.165) is 12.8 Å². The van der Waals surface area contributed by atoms with Gasteiger partial charge in [0.05, 0.1) is 10.5 Å². The Morgan fingerprint density at radius 3 is 2.64 bits per heavy atom. The number of nitrogens with two attached hydrogens (primary N) is 1. The van der Waals surface area contributed by atoms with Gasteiger partial charge in [-0.15, -0.1) is 0 Å². The van der Waals surface area contributed by atoms with Crippen LogP contribution in [0, 0.1) is 30.4 Å². The first-order chi connectivity index (χ1) is 13.3. The van der Waals surface area contributed by atoms with Crippen LogP contribution in [0.15, 0.2) is 0 Å². The number of halogens is 3. The van der Waals surface area contributed by atoms with E-state index in [2.05, 4.69) is 22.1 Å². The van der Waals surface area contributed by atoms with Crippen molar-refractivity contribution < 1.29 is 18.4 Å². The average Bonchev–Trinajstić information content (AvgIpc) is 2.91. The van der Waals surface area contributed by atoms with Gasteiger partial charge in [-0.3, -0.25) is 9.59 Å². The number of primary amides is 1. The molecule has 3 rings (SSSR count). The third kappa shape index (κ3) is 3.45. The molecule has 0 radical (unpaired) electrons. The number of H-pyrrole nitrogens is 1. The summed E-state index contributed by atoms with van der Waals surface area (Å²) >= 11 is 6.37. The van der Waals surface area contributed by atoms with Gasteiger partial charge >= 0.3 is 0 Å². The Morgan fingerprint density at radius 2 is 2.00 bits per heavy atom. The molecule has 0 unspecified atom stereocenters. The quantitative estimate of drug-likeness (QED) is 0.678. The van der Waals surface area contributed by atoms with E-state index in [4.69, 9.17) is 17.3 Å². The molecule has 148 valence electrons. The Balaban J connectivity index is 2.11. The fourth-order valence-corrected chi connectivity index (χ4v) is 4.27. The lowest BCUT2D eigenvalue weighted by atomic mass is 9.79.